The Morgan fingerprint density at radius 1 is 1.18 bits per heavy atom. The zero-order valence-electron chi connectivity index (χ0n) is 11.0. The molecular weight excluding hydrogens is 212 g/mol. The standard InChI is InChI=1S/C13H22N4/c1-9(8-14)12-10(2)15-13(16-11(12)3)17-6-4-5-7-17/h9H,4-8,14H2,1-3H3. The molecule has 0 bridgehead atoms. The van der Waals surface area contributed by atoms with E-state index in [-0.39, 0.29) is 0 Å². The summed E-state index contributed by atoms with van der Waals surface area (Å²) in [5, 5.41) is 0. The molecule has 1 aromatic rings. The lowest BCUT2D eigenvalue weighted by molar-refractivity contribution is 0.737. The van der Waals surface area contributed by atoms with Crippen LogP contribution in [0.15, 0.2) is 0 Å². The number of hydrogen-bond donors (Lipinski definition) is 1. The van der Waals surface area contributed by atoms with Crippen LogP contribution in [-0.4, -0.2) is 29.6 Å². The number of nitrogens with two attached hydrogens (primary N) is 1. The lowest BCUT2D eigenvalue weighted by Crippen LogP contribution is -2.22. The van der Waals surface area contributed by atoms with E-state index in [1.807, 2.05) is 0 Å². The van der Waals surface area contributed by atoms with Gasteiger partial charge >= 0.3 is 0 Å². The van der Waals surface area contributed by atoms with Gasteiger partial charge in [-0.25, -0.2) is 9.97 Å². The highest BCUT2D eigenvalue weighted by Gasteiger charge is 2.19. The van der Waals surface area contributed by atoms with Crippen LogP contribution < -0.4 is 10.6 Å². The summed E-state index contributed by atoms with van der Waals surface area (Å²) in [7, 11) is 0. The van der Waals surface area contributed by atoms with Gasteiger partial charge in [-0.3, -0.25) is 0 Å². The topological polar surface area (TPSA) is 55.0 Å². The number of aryl methyl sites for hydroxylation is 2. The highest BCUT2D eigenvalue weighted by atomic mass is 15.3. The first kappa shape index (κ1) is 12.3. The van der Waals surface area contributed by atoms with E-state index in [9.17, 15) is 0 Å². The van der Waals surface area contributed by atoms with Crippen LogP contribution in [0.1, 0.15) is 42.6 Å². The molecule has 4 heteroatoms. The van der Waals surface area contributed by atoms with Gasteiger partial charge in [0.1, 0.15) is 0 Å². The molecule has 1 fully saturated rings. The zero-order valence-corrected chi connectivity index (χ0v) is 11.0. The summed E-state index contributed by atoms with van der Waals surface area (Å²) in [6, 6.07) is 0. The first-order valence-electron chi connectivity index (χ1n) is 6.43. The Balaban J connectivity index is 2.33. The van der Waals surface area contributed by atoms with Crippen LogP contribution in [0.4, 0.5) is 5.95 Å². The largest absolute Gasteiger partial charge is 0.341 e. The quantitative estimate of drug-likeness (QED) is 0.865. The fourth-order valence-electron chi connectivity index (χ4n) is 2.60. The molecule has 2 rings (SSSR count). The number of nitrogens with zero attached hydrogens (tertiary/aromatic N) is 3. The third kappa shape index (κ3) is 2.41. The average molecular weight is 234 g/mol. The van der Waals surface area contributed by atoms with Crippen LogP contribution in [0.25, 0.3) is 0 Å². The normalized spacial score (nSPS) is 17.5. The van der Waals surface area contributed by atoms with Crippen LogP contribution in [-0.2, 0) is 0 Å². The van der Waals surface area contributed by atoms with Crippen LogP contribution in [0.3, 0.4) is 0 Å². The molecule has 94 valence electrons. The van der Waals surface area contributed by atoms with Gasteiger partial charge in [-0.05, 0) is 44.7 Å². The second-order valence-electron chi connectivity index (χ2n) is 4.94. The van der Waals surface area contributed by atoms with Crippen LogP contribution in [0, 0.1) is 13.8 Å². The maximum absolute atomic E-state index is 5.74. The molecule has 4 nitrogen and oxygen atoms in total. The Hall–Kier alpha value is -1.16. The lowest BCUT2D eigenvalue weighted by atomic mass is 9.98. The van der Waals surface area contributed by atoms with Crippen molar-refractivity contribution in [3.05, 3.63) is 17.0 Å². The van der Waals surface area contributed by atoms with Gasteiger partial charge in [0.2, 0.25) is 5.95 Å². The molecule has 0 amide bonds. The maximum Gasteiger partial charge on any atom is 0.225 e. The number of hydrogen-bond acceptors (Lipinski definition) is 4. The number of rotatable bonds is 3. The van der Waals surface area contributed by atoms with Gasteiger partial charge in [0.25, 0.3) is 0 Å². The van der Waals surface area contributed by atoms with Gasteiger partial charge in [-0.1, -0.05) is 6.92 Å². The number of anilines is 1. The van der Waals surface area contributed by atoms with Crippen LogP contribution >= 0.6 is 0 Å². The number of aromatic nitrogens is 2. The van der Waals surface area contributed by atoms with Gasteiger partial charge in [0, 0.05) is 24.5 Å². The van der Waals surface area contributed by atoms with Crippen molar-refractivity contribution in [1.29, 1.82) is 0 Å². The minimum Gasteiger partial charge on any atom is -0.341 e. The molecule has 0 spiro atoms. The summed E-state index contributed by atoms with van der Waals surface area (Å²) < 4.78 is 0. The van der Waals surface area contributed by atoms with E-state index in [2.05, 4.69) is 35.6 Å². The molecule has 0 aromatic carbocycles. The Morgan fingerprint density at radius 3 is 2.18 bits per heavy atom. The monoisotopic (exact) mass is 234 g/mol. The minimum atomic E-state index is 0.336. The second kappa shape index (κ2) is 5.00. The van der Waals surface area contributed by atoms with Gasteiger partial charge in [-0.2, -0.15) is 0 Å². The van der Waals surface area contributed by atoms with Gasteiger partial charge in [0.15, 0.2) is 0 Å². The molecule has 1 unspecified atom stereocenters. The summed E-state index contributed by atoms with van der Waals surface area (Å²) in [5.74, 6) is 1.23. The smallest absolute Gasteiger partial charge is 0.225 e. The van der Waals surface area contributed by atoms with E-state index in [1.165, 1.54) is 18.4 Å². The molecule has 1 aromatic heterocycles. The Morgan fingerprint density at radius 2 is 1.71 bits per heavy atom. The highest BCUT2D eigenvalue weighted by Crippen LogP contribution is 2.24. The highest BCUT2D eigenvalue weighted by molar-refractivity contribution is 5.38. The van der Waals surface area contributed by atoms with Crippen molar-refractivity contribution in [1.82, 2.24) is 9.97 Å². The Kier molecular flexibility index (Phi) is 3.62. The predicted octanol–water partition coefficient (Wildman–Crippen LogP) is 1.76. The summed E-state index contributed by atoms with van der Waals surface area (Å²) >= 11 is 0. The van der Waals surface area contributed by atoms with E-state index >= 15 is 0 Å². The van der Waals surface area contributed by atoms with Crippen LogP contribution in [0.2, 0.25) is 0 Å². The first-order chi connectivity index (χ1) is 8.13. The molecule has 2 N–H and O–H groups in total. The third-order valence-corrected chi connectivity index (χ3v) is 3.55. The van der Waals surface area contributed by atoms with Gasteiger partial charge < -0.3 is 10.6 Å². The van der Waals surface area contributed by atoms with Crippen molar-refractivity contribution in [3.8, 4) is 0 Å². The zero-order chi connectivity index (χ0) is 12.4. The van der Waals surface area contributed by atoms with E-state index in [0.717, 1.165) is 30.4 Å². The van der Waals surface area contributed by atoms with Crippen LogP contribution in [0.5, 0.6) is 0 Å². The molecule has 0 saturated carbocycles. The van der Waals surface area contributed by atoms with Gasteiger partial charge in [0.05, 0.1) is 0 Å². The Labute approximate surface area is 103 Å². The van der Waals surface area contributed by atoms with Crippen molar-refractivity contribution in [2.45, 2.75) is 39.5 Å². The predicted molar refractivity (Wildman–Crippen MR) is 70.4 cm³/mol. The summed E-state index contributed by atoms with van der Waals surface area (Å²) in [4.78, 5) is 11.6. The molecule has 0 radical (unpaired) electrons. The summed E-state index contributed by atoms with van der Waals surface area (Å²) in [6.07, 6.45) is 2.50. The van der Waals surface area contributed by atoms with Crippen molar-refractivity contribution < 1.29 is 0 Å². The third-order valence-electron chi connectivity index (χ3n) is 3.55. The molecule has 2 heterocycles. The van der Waals surface area contributed by atoms with E-state index in [1.54, 1.807) is 0 Å². The van der Waals surface area contributed by atoms with Crippen molar-refractivity contribution in [2.75, 3.05) is 24.5 Å². The van der Waals surface area contributed by atoms with Crippen molar-refractivity contribution in [2.24, 2.45) is 5.73 Å². The van der Waals surface area contributed by atoms with Crippen molar-refractivity contribution >= 4 is 5.95 Å². The van der Waals surface area contributed by atoms with Gasteiger partial charge in [-0.15, -0.1) is 0 Å². The molecule has 1 aliphatic heterocycles. The summed E-state index contributed by atoms with van der Waals surface area (Å²) in [6.45, 7) is 9.09. The summed E-state index contributed by atoms with van der Waals surface area (Å²) in [5.41, 5.74) is 9.12. The van der Waals surface area contributed by atoms with Crippen molar-refractivity contribution in [3.63, 3.8) is 0 Å². The van der Waals surface area contributed by atoms with E-state index in [4.69, 9.17) is 5.73 Å². The fourth-order valence-corrected chi connectivity index (χ4v) is 2.60. The SMILES string of the molecule is Cc1nc(N2CCCC2)nc(C)c1C(C)CN. The van der Waals surface area contributed by atoms with E-state index < -0.39 is 0 Å². The average Bonchev–Trinajstić information content (AvgIpc) is 2.81. The fraction of sp³-hybridized carbons (Fsp3) is 0.692. The Bertz CT molecular complexity index is 373. The minimum absolute atomic E-state index is 0.336. The van der Waals surface area contributed by atoms with E-state index in [0.29, 0.717) is 12.5 Å². The molecule has 17 heavy (non-hydrogen) atoms. The molecule has 1 aliphatic rings. The molecule has 1 saturated heterocycles. The molecular formula is C13H22N4. The lowest BCUT2D eigenvalue weighted by Gasteiger charge is -2.20. The first-order valence-corrected chi connectivity index (χ1v) is 6.43. The molecule has 1 atom stereocenters. The second-order valence-corrected chi connectivity index (χ2v) is 4.94. The molecule has 0 aliphatic carbocycles. The maximum atomic E-state index is 5.74.